The van der Waals surface area contributed by atoms with E-state index in [0.717, 1.165) is 19.3 Å². The SMILES string of the molecule is CCCCC(CN(C)S(=O)(=O)c1ccccc1)c1ccccc1. The van der Waals surface area contributed by atoms with Gasteiger partial charge in [-0.15, -0.1) is 0 Å². The highest BCUT2D eigenvalue weighted by atomic mass is 32.2. The van der Waals surface area contributed by atoms with Crippen LogP contribution in [0.1, 0.15) is 37.7 Å². The summed E-state index contributed by atoms with van der Waals surface area (Å²) in [5, 5.41) is 0. The molecule has 124 valence electrons. The van der Waals surface area contributed by atoms with E-state index in [1.807, 2.05) is 24.3 Å². The molecule has 0 spiro atoms. The molecular formula is C19H25NO2S. The van der Waals surface area contributed by atoms with E-state index in [0.29, 0.717) is 11.4 Å². The first kappa shape index (κ1) is 17.7. The van der Waals surface area contributed by atoms with Gasteiger partial charge in [0.1, 0.15) is 0 Å². The number of likely N-dealkylation sites (N-methyl/N-ethyl adjacent to an activating group) is 1. The number of nitrogens with zero attached hydrogens (tertiary/aromatic N) is 1. The van der Waals surface area contributed by atoms with E-state index in [2.05, 4.69) is 19.1 Å². The molecule has 0 fully saturated rings. The molecule has 0 saturated heterocycles. The quantitative estimate of drug-likeness (QED) is 0.724. The lowest BCUT2D eigenvalue weighted by molar-refractivity contribution is 0.419. The fraction of sp³-hybridized carbons (Fsp3) is 0.368. The van der Waals surface area contributed by atoms with E-state index in [-0.39, 0.29) is 5.92 Å². The maximum absolute atomic E-state index is 12.7. The Bertz CT molecular complexity index is 684. The van der Waals surface area contributed by atoms with E-state index in [9.17, 15) is 8.42 Å². The van der Waals surface area contributed by atoms with Crippen LogP contribution in [0.25, 0.3) is 0 Å². The van der Waals surface area contributed by atoms with Crippen LogP contribution in [0, 0.1) is 0 Å². The Hall–Kier alpha value is -1.65. The predicted octanol–water partition coefficient (Wildman–Crippen LogP) is 4.28. The molecule has 0 N–H and O–H groups in total. The summed E-state index contributed by atoms with van der Waals surface area (Å²) in [6.07, 6.45) is 3.20. The Kier molecular flexibility index (Phi) is 6.37. The third-order valence-corrected chi connectivity index (χ3v) is 5.94. The van der Waals surface area contributed by atoms with Crippen molar-refractivity contribution >= 4 is 10.0 Å². The highest BCUT2D eigenvalue weighted by Crippen LogP contribution is 2.25. The van der Waals surface area contributed by atoms with Gasteiger partial charge < -0.3 is 0 Å². The van der Waals surface area contributed by atoms with Gasteiger partial charge in [0.15, 0.2) is 0 Å². The fourth-order valence-electron chi connectivity index (χ4n) is 2.72. The van der Waals surface area contributed by atoms with Gasteiger partial charge in [-0.3, -0.25) is 0 Å². The van der Waals surface area contributed by atoms with Crippen molar-refractivity contribution in [2.24, 2.45) is 0 Å². The number of unbranched alkanes of at least 4 members (excludes halogenated alkanes) is 1. The molecule has 0 radical (unpaired) electrons. The van der Waals surface area contributed by atoms with Crippen LogP contribution in [0.15, 0.2) is 65.6 Å². The van der Waals surface area contributed by atoms with Crippen molar-refractivity contribution in [1.82, 2.24) is 4.31 Å². The Balaban J connectivity index is 2.18. The Morgan fingerprint density at radius 2 is 1.52 bits per heavy atom. The summed E-state index contributed by atoms with van der Waals surface area (Å²) in [7, 11) is -1.76. The summed E-state index contributed by atoms with van der Waals surface area (Å²) in [6.45, 7) is 2.66. The number of hydrogen-bond donors (Lipinski definition) is 0. The lowest BCUT2D eigenvalue weighted by atomic mass is 9.93. The Morgan fingerprint density at radius 1 is 0.957 bits per heavy atom. The standard InChI is InChI=1S/C19H25NO2S/c1-3-4-11-18(17-12-7-5-8-13-17)16-20(2)23(21,22)19-14-9-6-10-15-19/h5-10,12-15,18H,3-4,11,16H2,1-2H3. The molecule has 1 unspecified atom stereocenters. The van der Waals surface area contributed by atoms with E-state index in [4.69, 9.17) is 0 Å². The number of benzene rings is 2. The van der Waals surface area contributed by atoms with E-state index < -0.39 is 10.0 Å². The zero-order valence-electron chi connectivity index (χ0n) is 13.9. The van der Waals surface area contributed by atoms with Crippen LogP contribution < -0.4 is 0 Å². The molecule has 0 aromatic heterocycles. The molecular weight excluding hydrogens is 306 g/mol. The largest absolute Gasteiger partial charge is 0.242 e. The van der Waals surface area contributed by atoms with Gasteiger partial charge in [-0.25, -0.2) is 12.7 Å². The van der Waals surface area contributed by atoms with Crippen LogP contribution >= 0.6 is 0 Å². The predicted molar refractivity (Wildman–Crippen MR) is 95.0 cm³/mol. The van der Waals surface area contributed by atoms with Crippen LogP contribution in [0.2, 0.25) is 0 Å². The van der Waals surface area contributed by atoms with Crippen molar-refractivity contribution in [2.45, 2.75) is 37.0 Å². The van der Waals surface area contributed by atoms with Crippen molar-refractivity contribution in [1.29, 1.82) is 0 Å². The third-order valence-electron chi connectivity index (χ3n) is 4.11. The minimum atomic E-state index is -3.43. The number of rotatable bonds is 8. The first-order chi connectivity index (χ1) is 11.1. The molecule has 2 rings (SSSR count). The monoisotopic (exact) mass is 331 g/mol. The normalized spacial score (nSPS) is 13.2. The molecule has 0 aliphatic rings. The number of hydrogen-bond acceptors (Lipinski definition) is 2. The summed E-state index contributed by atoms with van der Waals surface area (Å²) in [5.74, 6) is 0.222. The van der Waals surface area contributed by atoms with Gasteiger partial charge in [0.2, 0.25) is 10.0 Å². The maximum atomic E-state index is 12.7. The topological polar surface area (TPSA) is 37.4 Å². The van der Waals surface area contributed by atoms with E-state index >= 15 is 0 Å². The lowest BCUT2D eigenvalue weighted by Gasteiger charge is -2.24. The summed E-state index contributed by atoms with van der Waals surface area (Å²) >= 11 is 0. The molecule has 0 aliphatic carbocycles. The summed E-state index contributed by atoms with van der Waals surface area (Å²) in [5.41, 5.74) is 1.20. The molecule has 2 aromatic carbocycles. The fourth-order valence-corrected chi connectivity index (χ4v) is 3.96. The smallest absolute Gasteiger partial charge is 0.207 e. The zero-order valence-corrected chi connectivity index (χ0v) is 14.7. The minimum Gasteiger partial charge on any atom is -0.207 e. The molecule has 3 nitrogen and oxygen atoms in total. The Labute approximate surface area is 140 Å². The van der Waals surface area contributed by atoms with Crippen LogP contribution in [0.3, 0.4) is 0 Å². The highest BCUT2D eigenvalue weighted by Gasteiger charge is 2.24. The van der Waals surface area contributed by atoms with E-state index in [1.165, 1.54) is 9.87 Å². The van der Waals surface area contributed by atoms with Gasteiger partial charge in [-0.2, -0.15) is 0 Å². The molecule has 2 aromatic rings. The minimum absolute atomic E-state index is 0.222. The van der Waals surface area contributed by atoms with Crippen molar-refractivity contribution in [2.75, 3.05) is 13.6 Å². The molecule has 0 saturated carbocycles. The van der Waals surface area contributed by atoms with Crippen molar-refractivity contribution < 1.29 is 8.42 Å². The zero-order chi connectivity index (χ0) is 16.7. The Morgan fingerprint density at radius 3 is 2.09 bits per heavy atom. The molecule has 0 bridgehead atoms. The highest BCUT2D eigenvalue weighted by molar-refractivity contribution is 7.89. The van der Waals surface area contributed by atoms with Crippen LogP contribution in [0.5, 0.6) is 0 Å². The van der Waals surface area contributed by atoms with Crippen LogP contribution in [-0.4, -0.2) is 26.3 Å². The van der Waals surface area contributed by atoms with Crippen molar-refractivity contribution in [3.8, 4) is 0 Å². The van der Waals surface area contributed by atoms with Gasteiger partial charge in [0.25, 0.3) is 0 Å². The summed E-state index contributed by atoms with van der Waals surface area (Å²) in [6, 6.07) is 18.8. The summed E-state index contributed by atoms with van der Waals surface area (Å²) < 4.78 is 26.9. The molecule has 0 heterocycles. The number of sulfonamides is 1. The summed E-state index contributed by atoms with van der Waals surface area (Å²) in [4.78, 5) is 0.352. The molecule has 0 aliphatic heterocycles. The van der Waals surface area contributed by atoms with Crippen LogP contribution in [0.4, 0.5) is 0 Å². The van der Waals surface area contributed by atoms with Crippen molar-refractivity contribution in [3.05, 3.63) is 66.2 Å². The lowest BCUT2D eigenvalue weighted by Crippen LogP contribution is -2.31. The molecule has 23 heavy (non-hydrogen) atoms. The first-order valence-electron chi connectivity index (χ1n) is 8.12. The average Bonchev–Trinajstić information content (AvgIpc) is 2.59. The second kappa shape index (κ2) is 8.27. The van der Waals surface area contributed by atoms with Gasteiger partial charge in [0, 0.05) is 13.6 Å². The second-order valence-electron chi connectivity index (χ2n) is 5.85. The third kappa shape index (κ3) is 4.66. The van der Waals surface area contributed by atoms with Gasteiger partial charge in [0.05, 0.1) is 4.90 Å². The van der Waals surface area contributed by atoms with Gasteiger partial charge in [-0.05, 0) is 30.0 Å². The second-order valence-corrected chi connectivity index (χ2v) is 7.89. The average molecular weight is 331 g/mol. The van der Waals surface area contributed by atoms with Crippen LogP contribution in [-0.2, 0) is 10.0 Å². The van der Waals surface area contributed by atoms with Gasteiger partial charge >= 0.3 is 0 Å². The maximum Gasteiger partial charge on any atom is 0.242 e. The first-order valence-corrected chi connectivity index (χ1v) is 9.56. The van der Waals surface area contributed by atoms with Gasteiger partial charge in [-0.1, -0.05) is 68.3 Å². The molecule has 4 heteroatoms. The van der Waals surface area contributed by atoms with Crippen molar-refractivity contribution in [3.63, 3.8) is 0 Å². The molecule has 0 amide bonds. The van der Waals surface area contributed by atoms with E-state index in [1.54, 1.807) is 31.3 Å². The molecule has 1 atom stereocenters.